The highest BCUT2D eigenvalue weighted by atomic mass is 32.2. The van der Waals surface area contributed by atoms with Crippen LogP contribution in [0.4, 0.5) is 4.79 Å². The lowest BCUT2D eigenvalue weighted by atomic mass is 10.00. The van der Waals surface area contributed by atoms with Crippen LogP contribution < -0.4 is 0 Å². The van der Waals surface area contributed by atoms with Crippen molar-refractivity contribution in [3.8, 4) is 0 Å². The van der Waals surface area contributed by atoms with E-state index in [1.54, 1.807) is 44.4 Å². The SMILES string of the molecule is CCC(/C=N/C(=O)OC(C)(C)C)C(=O)N1CC2(C1)SCCN2C(C)=O. The summed E-state index contributed by atoms with van der Waals surface area (Å²) in [6.07, 6.45) is 1.25. The Kier molecular flexibility index (Phi) is 5.81. The highest BCUT2D eigenvalue weighted by molar-refractivity contribution is 8.01. The number of thioether (sulfide) groups is 1. The summed E-state index contributed by atoms with van der Waals surface area (Å²) in [6.45, 7) is 10.6. The Morgan fingerprint density at radius 3 is 2.48 bits per heavy atom. The number of likely N-dealkylation sites (tertiary alicyclic amines) is 1. The molecule has 2 aliphatic rings. The van der Waals surface area contributed by atoms with Gasteiger partial charge in [-0.2, -0.15) is 4.99 Å². The van der Waals surface area contributed by atoms with Gasteiger partial charge in [0.1, 0.15) is 10.5 Å². The van der Waals surface area contributed by atoms with Gasteiger partial charge in [0.15, 0.2) is 0 Å². The van der Waals surface area contributed by atoms with Gasteiger partial charge >= 0.3 is 6.09 Å². The Bertz CT molecular complexity index is 579. The second kappa shape index (κ2) is 7.35. The van der Waals surface area contributed by atoms with E-state index in [1.165, 1.54) is 6.21 Å². The number of hydrogen-bond donors (Lipinski definition) is 0. The molecule has 1 unspecified atom stereocenters. The Balaban J connectivity index is 1.93. The third-order valence-corrected chi connectivity index (χ3v) is 5.66. The highest BCUT2D eigenvalue weighted by Crippen LogP contribution is 2.43. The zero-order valence-corrected chi connectivity index (χ0v) is 16.4. The van der Waals surface area contributed by atoms with Gasteiger partial charge in [0.2, 0.25) is 11.8 Å². The quantitative estimate of drug-likeness (QED) is 0.712. The van der Waals surface area contributed by atoms with Crippen molar-refractivity contribution < 1.29 is 19.1 Å². The van der Waals surface area contributed by atoms with Gasteiger partial charge in [0, 0.05) is 25.4 Å². The molecule has 140 valence electrons. The summed E-state index contributed by atoms with van der Waals surface area (Å²) in [5, 5.41) is 0. The third-order valence-electron chi connectivity index (χ3n) is 4.26. The van der Waals surface area contributed by atoms with Crippen molar-refractivity contribution in [2.75, 3.05) is 25.4 Å². The molecule has 0 saturated carbocycles. The van der Waals surface area contributed by atoms with E-state index < -0.39 is 17.6 Å². The van der Waals surface area contributed by atoms with Crippen LogP contribution in [0, 0.1) is 5.92 Å². The first kappa shape index (κ1) is 19.8. The van der Waals surface area contributed by atoms with Gasteiger partial charge in [-0.05, 0) is 27.2 Å². The molecule has 3 amide bonds. The average Bonchev–Trinajstić information content (AvgIpc) is 2.89. The Labute approximate surface area is 153 Å². The van der Waals surface area contributed by atoms with Gasteiger partial charge in [-0.3, -0.25) is 9.59 Å². The minimum Gasteiger partial charge on any atom is -0.442 e. The summed E-state index contributed by atoms with van der Waals surface area (Å²) in [5.41, 5.74) is -0.611. The van der Waals surface area contributed by atoms with E-state index in [4.69, 9.17) is 4.74 Å². The van der Waals surface area contributed by atoms with E-state index >= 15 is 0 Å². The Hall–Kier alpha value is -1.57. The van der Waals surface area contributed by atoms with Crippen LogP contribution in [0.5, 0.6) is 0 Å². The van der Waals surface area contributed by atoms with Crippen LogP contribution in [0.2, 0.25) is 0 Å². The zero-order chi connectivity index (χ0) is 18.8. The van der Waals surface area contributed by atoms with Crippen LogP contribution in [0.3, 0.4) is 0 Å². The molecule has 1 atom stereocenters. The molecule has 1 spiro atoms. The van der Waals surface area contributed by atoms with Crippen molar-refractivity contribution >= 4 is 35.9 Å². The van der Waals surface area contributed by atoms with E-state index in [1.807, 2.05) is 11.8 Å². The number of carbonyl (C=O) groups excluding carboxylic acids is 3. The molecule has 0 bridgehead atoms. The van der Waals surface area contributed by atoms with Gasteiger partial charge in [-0.25, -0.2) is 4.79 Å². The molecule has 2 heterocycles. The lowest BCUT2D eigenvalue weighted by Gasteiger charge is -2.52. The number of amides is 3. The first-order chi connectivity index (χ1) is 11.6. The standard InChI is InChI=1S/C17H27N3O4S/c1-6-13(9-18-15(23)24-16(3,4)5)14(22)19-10-17(11-19)20(12(2)21)7-8-25-17/h9,13H,6-8,10-11H2,1-5H3/b18-9+. The molecule has 8 heteroatoms. The van der Waals surface area contributed by atoms with Crippen molar-refractivity contribution in [1.82, 2.24) is 9.80 Å². The predicted molar refractivity (Wildman–Crippen MR) is 97.7 cm³/mol. The van der Waals surface area contributed by atoms with Crippen LogP contribution in [0.25, 0.3) is 0 Å². The van der Waals surface area contributed by atoms with E-state index in [-0.39, 0.29) is 16.7 Å². The molecule has 7 nitrogen and oxygen atoms in total. The fourth-order valence-electron chi connectivity index (χ4n) is 3.04. The summed E-state index contributed by atoms with van der Waals surface area (Å²) in [5.74, 6) is 0.438. The molecule has 2 saturated heterocycles. The second-order valence-corrected chi connectivity index (χ2v) is 8.89. The van der Waals surface area contributed by atoms with Crippen LogP contribution in [-0.4, -0.2) is 69.8 Å². The van der Waals surface area contributed by atoms with E-state index in [2.05, 4.69) is 4.99 Å². The minimum absolute atomic E-state index is 0.0515. The van der Waals surface area contributed by atoms with E-state index in [9.17, 15) is 14.4 Å². The Morgan fingerprint density at radius 2 is 1.96 bits per heavy atom. The maximum absolute atomic E-state index is 12.6. The molecule has 2 fully saturated rings. The normalized spacial score (nSPS) is 20.7. The number of carbonyl (C=O) groups is 3. The first-order valence-corrected chi connectivity index (χ1v) is 9.54. The lowest BCUT2D eigenvalue weighted by Crippen LogP contribution is -2.68. The van der Waals surface area contributed by atoms with E-state index in [0.717, 1.165) is 12.3 Å². The van der Waals surface area contributed by atoms with Crippen molar-refractivity contribution in [3.63, 3.8) is 0 Å². The minimum atomic E-state index is -0.687. The Morgan fingerprint density at radius 1 is 1.32 bits per heavy atom. The largest absolute Gasteiger partial charge is 0.442 e. The number of rotatable bonds is 3. The molecule has 0 aromatic rings. The van der Waals surface area contributed by atoms with E-state index in [0.29, 0.717) is 19.5 Å². The summed E-state index contributed by atoms with van der Waals surface area (Å²) in [7, 11) is 0. The fraction of sp³-hybridized carbons (Fsp3) is 0.765. The zero-order valence-electron chi connectivity index (χ0n) is 15.6. The van der Waals surface area contributed by atoms with Crippen molar-refractivity contribution in [2.45, 2.75) is 51.5 Å². The summed E-state index contributed by atoms with van der Waals surface area (Å²) >= 11 is 1.74. The van der Waals surface area contributed by atoms with Gasteiger partial charge in [0.05, 0.1) is 19.0 Å². The summed E-state index contributed by atoms with van der Waals surface area (Å²) in [4.78, 5) is 43.2. The molecular weight excluding hydrogens is 342 g/mol. The monoisotopic (exact) mass is 369 g/mol. The number of hydrogen-bond acceptors (Lipinski definition) is 5. The molecule has 0 aromatic carbocycles. The highest BCUT2D eigenvalue weighted by Gasteiger charge is 2.54. The summed E-state index contributed by atoms with van der Waals surface area (Å²) in [6, 6.07) is 0. The van der Waals surface area contributed by atoms with Gasteiger partial charge in [-0.1, -0.05) is 6.92 Å². The molecule has 2 aliphatic heterocycles. The van der Waals surface area contributed by atoms with Crippen LogP contribution in [-0.2, 0) is 14.3 Å². The second-order valence-electron chi connectivity index (χ2n) is 7.43. The molecule has 0 aromatic heterocycles. The van der Waals surface area contributed by atoms with Gasteiger partial charge < -0.3 is 14.5 Å². The topological polar surface area (TPSA) is 79.3 Å². The summed E-state index contributed by atoms with van der Waals surface area (Å²) < 4.78 is 5.12. The van der Waals surface area contributed by atoms with Crippen molar-refractivity contribution in [2.24, 2.45) is 10.9 Å². The van der Waals surface area contributed by atoms with Crippen LogP contribution in [0.1, 0.15) is 41.0 Å². The maximum atomic E-state index is 12.6. The third kappa shape index (κ3) is 4.54. The fourth-order valence-corrected chi connectivity index (χ4v) is 4.56. The maximum Gasteiger partial charge on any atom is 0.433 e. The van der Waals surface area contributed by atoms with Crippen molar-refractivity contribution in [1.29, 1.82) is 0 Å². The van der Waals surface area contributed by atoms with Gasteiger partial charge in [-0.15, -0.1) is 11.8 Å². The molecule has 25 heavy (non-hydrogen) atoms. The lowest BCUT2D eigenvalue weighted by molar-refractivity contribution is -0.148. The molecule has 2 rings (SSSR count). The number of aliphatic imine (C=N–C) groups is 1. The molecular formula is C17H27N3O4S. The average molecular weight is 369 g/mol. The predicted octanol–water partition coefficient (Wildman–Crippen LogP) is 2.15. The molecule has 0 N–H and O–H groups in total. The van der Waals surface area contributed by atoms with Crippen molar-refractivity contribution in [3.05, 3.63) is 0 Å². The van der Waals surface area contributed by atoms with Crippen LogP contribution >= 0.6 is 11.8 Å². The number of ether oxygens (including phenoxy) is 1. The number of nitrogens with zero attached hydrogens (tertiary/aromatic N) is 3. The van der Waals surface area contributed by atoms with Gasteiger partial charge in [0.25, 0.3) is 0 Å². The molecule has 0 radical (unpaired) electrons. The molecule has 0 aliphatic carbocycles. The smallest absolute Gasteiger partial charge is 0.433 e. The van der Waals surface area contributed by atoms with Crippen LogP contribution in [0.15, 0.2) is 4.99 Å². The first-order valence-electron chi connectivity index (χ1n) is 8.56.